The molecule has 0 aliphatic rings. The van der Waals surface area contributed by atoms with Gasteiger partial charge in [-0.25, -0.2) is 8.42 Å². The molecule has 214 valence electrons. The molecule has 40 heavy (non-hydrogen) atoms. The second-order valence-electron chi connectivity index (χ2n) is 10.4. The standard InChI is InChI=1S/C29H32Cl3N3O4S/c1-19-23(30)12-9-13-26(19)35(40(38,39)22-10-7-6-8-11-22)18-27(36)34(20(2)28(37)33-29(3,4)5)17-21-14-15-24(31)25(32)16-21/h6-16,20H,17-18H2,1-5H3,(H,33,37). The fourth-order valence-corrected chi connectivity index (χ4v) is 5.97. The number of benzene rings is 3. The van der Waals surface area contributed by atoms with E-state index < -0.39 is 40.0 Å². The highest BCUT2D eigenvalue weighted by atomic mass is 35.5. The quantitative estimate of drug-likeness (QED) is 0.295. The molecule has 7 nitrogen and oxygen atoms in total. The third-order valence-corrected chi connectivity index (χ3v) is 9.04. The predicted molar refractivity (Wildman–Crippen MR) is 162 cm³/mol. The highest BCUT2D eigenvalue weighted by Crippen LogP contribution is 2.31. The zero-order chi connectivity index (χ0) is 29.8. The number of amides is 2. The van der Waals surface area contributed by atoms with Crippen molar-refractivity contribution in [1.29, 1.82) is 0 Å². The summed E-state index contributed by atoms with van der Waals surface area (Å²) >= 11 is 18.6. The van der Waals surface area contributed by atoms with Crippen LogP contribution in [0, 0.1) is 6.92 Å². The van der Waals surface area contributed by atoms with Crippen LogP contribution in [0.3, 0.4) is 0 Å². The van der Waals surface area contributed by atoms with Crippen LogP contribution in [0.1, 0.15) is 38.8 Å². The van der Waals surface area contributed by atoms with Crippen LogP contribution in [-0.2, 0) is 26.2 Å². The first-order chi connectivity index (χ1) is 18.6. The van der Waals surface area contributed by atoms with Gasteiger partial charge < -0.3 is 10.2 Å². The van der Waals surface area contributed by atoms with E-state index in [0.717, 1.165) is 4.31 Å². The van der Waals surface area contributed by atoms with Gasteiger partial charge in [-0.2, -0.15) is 0 Å². The molecule has 0 aromatic heterocycles. The van der Waals surface area contributed by atoms with Crippen LogP contribution in [-0.4, -0.2) is 43.3 Å². The molecular formula is C29H32Cl3N3O4S. The number of carbonyl (C=O) groups is 2. The van der Waals surface area contributed by atoms with Crippen LogP contribution < -0.4 is 9.62 Å². The molecule has 11 heteroatoms. The van der Waals surface area contributed by atoms with Gasteiger partial charge in [0.15, 0.2) is 0 Å². The van der Waals surface area contributed by atoms with Crippen LogP contribution in [0.4, 0.5) is 5.69 Å². The molecular weight excluding hydrogens is 593 g/mol. The largest absolute Gasteiger partial charge is 0.350 e. The second-order valence-corrected chi connectivity index (χ2v) is 13.5. The van der Waals surface area contributed by atoms with Gasteiger partial charge in [-0.15, -0.1) is 0 Å². The Kier molecular flexibility index (Phi) is 10.2. The second kappa shape index (κ2) is 12.8. The highest BCUT2D eigenvalue weighted by Gasteiger charge is 2.34. The van der Waals surface area contributed by atoms with Gasteiger partial charge in [-0.1, -0.05) is 65.1 Å². The van der Waals surface area contributed by atoms with Gasteiger partial charge in [-0.3, -0.25) is 13.9 Å². The molecule has 0 fully saturated rings. The molecule has 0 saturated carbocycles. The van der Waals surface area contributed by atoms with Gasteiger partial charge in [0.05, 0.1) is 20.6 Å². The molecule has 0 saturated heterocycles. The molecule has 1 N–H and O–H groups in total. The van der Waals surface area contributed by atoms with E-state index in [1.165, 1.54) is 17.0 Å². The van der Waals surface area contributed by atoms with Gasteiger partial charge in [0.2, 0.25) is 11.8 Å². The van der Waals surface area contributed by atoms with Crippen molar-refractivity contribution in [3.8, 4) is 0 Å². The maximum Gasteiger partial charge on any atom is 0.264 e. The zero-order valence-electron chi connectivity index (χ0n) is 22.9. The number of hydrogen-bond donors (Lipinski definition) is 1. The minimum atomic E-state index is -4.19. The number of rotatable bonds is 9. The normalized spacial score (nSPS) is 12.5. The third-order valence-electron chi connectivity index (χ3n) is 6.12. The fourth-order valence-electron chi connectivity index (χ4n) is 3.99. The Bertz CT molecular complexity index is 1490. The van der Waals surface area contributed by atoms with Crippen molar-refractivity contribution in [2.75, 3.05) is 10.8 Å². The summed E-state index contributed by atoms with van der Waals surface area (Å²) in [5.41, 5.74) is 0.816. The van der Waals surface area contributed by atoms with Crippen molar-refractivity contribution in [2.24, 2.45) is 0 Å². The molecule has 3 rings (SSSR count). The molecule has 0 bridgehead atoms. The minimum absolute atomic E-state index is 0.0109. The number of hydrogen-bond acceptors (Lipinski definition) is 4. The Labute approximate surface area is 251 Å². The SMILES string of the molecule is Cc1c(Cl)cccc1N(CC(=O)N(Cc1ccc(Cl)c(Cl)c1)C(C)C(=O)NC(C)(C)C)S(=O)(=O)c1ccccc1. The maximum absolute atomic E-state index is 14.0. The number of nitrogens with zero attached hydrogens (tertiary/aromatic N) is 2. The van der Waals surface area contributed by atoms with Gasteiger partial charge in [0, 0.05) is 17.1 Å². The monoisotopic (exact) mass is 623 g/mol. The Hall–Kier alpha value is -2.78. The van der Waals surface area contributed by atoms with Gasteiger partial charge >= 0.3 is 0 Å². The van der Waals surface area contributed by atoms with E-state index in [0.29, 0.717) is 26.2 Å². The molecule has 3 aromatic carbocycles. The summed E-state index contributed by atoms with van der Waals surface area (Å²) in [5.74, 6) is -0.987. The number of carbonyl (C=O) groups excluding carboxylic acids is 2. The Morgan fingerprint density at radius 2 is 1.55 bits per heavy atom. The van der Waals surface area contributed by atoms with E-state index in [-0.39, 0.29) is 17.1 Å². The molecule has 0 aliphatic heterocycles. The average molecular weight is 625 g/mol. The van der Waals surface area contributed by atoms with Crippen LogP contribution in [0.15, 0.2) is 71.6 Å². The number of nitrogens with one attached hydrogen (secondary N) is 1. The van der Waals surface area contributed by atoms with Crippen LogP contribution >= 0.6 is 34.8 Å². The summed E-state index contributed by atoms with van der Waals surface area (Å²) in [4.78, 5) is 28.5. The first kappa shape index (κ1) is 31.7. The predicted octanol–water partition coefficient (Wildman–Crippen LogP) is 6.48. The van der Waals surface area contributed by atoms with E-state index in [4.69, 9.17) is 34.8 Å². The fraction of sp³-hybridized carbons (Fsp3) is 0.310. The van der Waals surface area contributed by atoms with E-state index in [9.17, 15) is 18.0 Å². The van der Waals surface area contributed by atoms with Crippen LogP contribution in [0.25, 0.3) is 0 Å². The molecule has 0 aliphatic carbocycles. The van der Waals surface area contributed by atoms with E-state index in [1.807, 2.05) is 20.8 Å². The molecule has 3 aromatic rings. The molecule has 0 radical (unpaired) electrons. The molecule has 1 atom stereocenters. The lowest BCUT2D eigenvalue weighted by Crippen LogP contribution is -2.54. The molecule has 0 spiro atoms. The number of anilines is 1. The first-order valence-corrected chi connectivity index (χ1v) is 15.1. The lowest BCUT2D eigenvalue weighted by molar-refractivity contribution is -0.140. The summed E-state index contributed by atoms with van der Waals surface area (Å²) in [6.45, 7) is 8.19. The Morgan fingerprint density at radius 3 is 2.15 bits per heavy atom. The zero-order valence-corrected chi connectivity index (χ0v) is 26.0. The topological polar surface area (TPSA) is 86.8 Å². The van der Waals surface area contributed by atoms with Crippen LogP contribution in [0.2, 0.25) is 15.1 Å². The first-order valence-electron chi connectivity index (χ1n) is 12.5. The van der Waals surface area contributed by atoms with E-state index in [1.54, 1.807) is 68.4 Å². The smallest absolute Gasteiger partial charge is 0.264 e. The van der Waals surface area contributed by atoms with Crippen molar-refractivity contribution in [2.45, 2.75) is 57.6 Å². The summed E-state index contributed by atoms with van der Waals surface area (Å²) < 4.78 is 28.8. The van der Waals surface area contributed by atoms with Crippen molar-refractivity contribution in [3.05, 3.63) is 92.9 Å². The highest BCUT2D eigenvalue weighted by molar-refractivity contribution is 7.92. The van der Waals surface area contributed by atoms with Crippen molar-refractivity contribution < 1.29 is 18.0 Å². The lowest BCUT2D eigenvalue weighted by atomic mass is 10.1. The number of sulfonamides is 1. The van der Waals surface area contributed by atoms with Gasteiger partial charge in [-0.05, 0) is 82.1 Å². The van der Waals surface area contributed by atoms with Crippen LogP contribution in [0.5, 0.6) is 0 Å². The van der Waals surface area contributed by atoms with Crippen molar-refractivity contribution in [3.63, 3.8) is 0 Å². The summed E-state index contributed by atoms with van der Waals surface area (Å²) in [6.07, 6.45) is 0. The van der Waals surface area contributed by atoms with E-state index in [2.05, 4.69) is 5.32 Å². The summed E-state index contributed by atoms with van der Waals surface area (Å²) in [5, 5.41) is 3.88. The van der Waals surface area contributed by atoms with Crippen molar-refractivity contribution in [1.82, 2.24) is 10.2 Å². The average Bonchev–Trinajstić information content (AvgIpc) is 2.88. The Balaban J connectivity index is 2.08. The summed E-state index contributed by atoms with van der Waals surface area (Å²) in [7, 11) is -4.19. The van der Waals surface area contributed by atoms with Crippen molar-refractivity contribution >= 4 is 62.3 Å². The molecule has 1 unspecified atom stereocenters. The number of halogens is 3. The molecule has 0 heterocycles. The van der Waals surface area contributed by atoms with Gasteiger partial charge in [0.25, 0.3) is 10.0 Å². The lowest BCUT2D eigenvalue weighted by Gasteiger charge is -2.34. The molecule has 2 amide bonds. The Morgan fingerprint density at radius 1 is 0.900 bits per heavy atom. The minimum Gasteiger partial charge on any atom is -0.350 e. The third kappa shape index (κ3) is 7.69. The van der Waals surface area contributed by atoms with E-state index >= 15 is 0 Å². The maximum atomic E-state index is 14.0. The van der Waals surface area contributed by atoms with Gasteiger partial charge in [0.1, 0.15) is 12.6 Å². The summed E-state index contributed by atoms with van der Waals surface area (Å²) in [6, 6.07) is 16.6.